The average molecular weight is 332 g/mol. The zero-order chi connectivity index (χ0) is 15.6. The molecular weight excluding hydrogens is 308 g/mol. The first-order valence-electron chi connectivity index (χ1n) is 8.48. The van der Waals surface area contributed by atoms with E-state index in [0.717, 1.165) is 56.6 Å². The minimum atomic E-state index is 0.861. The molecule has 23 heavy (non-hydrogen) atoms. The minimum absolute atomic E-state index is 0.861. The van der Waals surface area contributed by atoms with Crippen LogP contribution in [0.2, 0.25) is 0 Å². The molecule has 1 aromatic heterocycles. The molecule has 0 amide bonds. The normalized spacial score (nSPS) is 19.1. The van der Waals surface area contributed by atoms with Crippen molar-refractivity contribution in [2.75, 3.05) is 63.2 Å². The third kappa shape index (κ3) is 3.29. The van der Waals surface area contributed by atoms with Gasteiger partial charge in [-0.15, -0.1) is 0 Å². The molecule has 0 spiro atoms. The van der Waals surface area contributed by atoms with Gasteiger partial charge >= 0.3 is 0 Å². The molecule has 0 radical (unpaired) electrons. The molecule has 2 aliphatic heterocycles. The highest BCUT2D eigenvalue weighted by atomic mass is 32.1. The lowest BCUT2D eigenvalue weighted by Crippen LogP contribution is -2.38. The number of morpholine rings is 1. The van der Waals surface area contributed by atoms with Gasteiger partial charge in [-0.05, 0) is 30.5 Å². The van der Waals surface area contributed by atoms with Crippen molar-refractivity contribution in [1.29, 1.82) is 0 Å². The van der Waals surface area contributed by atoms with Crippen molar-refractivity contribution in [2.45, 2.75) is 12.8 Å². The van der Waals surface area contributed by atoms with Crippen LogP contribution in [0.4, 0.5) is 10.8 Å². The van der Waals surface area contributed by atoms with Gasteiger partial charge in [-0.2, -0.15) is 0 Å². The number of rotatable bonds is 4. The third-order valence-electron chi connectivity index (χ3n) is 4.75. The lowest BCUT2D eigenvalue weighted by Gasteiger charge is -2.27. The van der Waals surface area contributed by atoms with Crippen LogP contribution in [0.15, 0.2) is 12.1 Å². The van der Waals surface area contributed by atoms with Gasteiger partial charge < -0.3 is 15.0 Å². The number of hydrogen-bond donors (Lipinski definition) is 1. The fourth-order valence-electron chi connectivity index (χ4n) is 3.41. The number of aryl methyl sites for hydroxylation is 1. The summed E-state index contributed by atoms with van der Waals surface area (Å²) in [6, 6.07) is 4.60. The highest BCUT2D eigenvalue weighted by Gasteiger charge is 2.16. The Hall–Kier alpha value is -1.37. The van der Waals surface area contributed by atoms with Crippen molar-refractivity contribution in [2.24, 2.45) is 0 Å². The Morgan fingerprint density at radius 1 is 1.26 bits per heavy atom. The summed E-state index contributed by atoms with van der Waals surface area (Å²) in [4.78, 5) is 9.57. The van der Waals surface area contributed by atoms with Crippen molar-refractivity contribution in [3.8, 4) is 0 Å². The number of ether oxygens (including phenoxy) is 1. The van der Waals surface area contributed by atoms with Gasteiger partial charge in [-0.3, -0.25) is 4.90 Å². The molecular formula is C17H24N4OS. The second kappa shape index (κ2) is 6.63. The first-order valence-corrected chi connectivity index (χ1v) is 9.30. The predicted octanol–water partition coefficient (Wildman–Crippen LogP) is 2.42. The van der Waals surface area contributed by atoms with Crippen LogP contribution in [0.5, 0.6) is 0 Å². The van der Waals surface area contributed by atoms with E-state index in [1.54, 1.807) is 11.3 Å². The number of nitrogens with zero attached hydrogens (tertiary/aromatic N) is 3. The summed E-state index contributed by atoms with van der Waals surface area (Å²) in [5.74, 6) is 0. The Bertz CT molecular complexity index is 681. The van der Waals surface area contributed by atoms with Crippen LogP contribution in [0, 0.1) is 0 Å². The highest BCUT2D eigenvalue weighted by Crippen LogP contribution is 2.34. The second-order valence-electron chi connectivity index (χ2n) is 6.37. The molecule has 0 atom stereocenters. The molecule has 1 saturated heterocycles. The summed E-state index contributed by atoms with van der Waals surface area (Å²) in [6.07, 6.45) is 2.44. The molecule has 1 fully saturated rings. The average Bonchev–Trinajstić information content (AvgIpc) is 2.96. The van der Waals surface area contributed by atoms with Crippen molar-refractivity contribution in [1.82, 2.24) is 9.88 Å². The number of benzene rings is 1. The van der Waals surface area contributed by atoms with Crippen LogP contribution in [-0.4, -0.2) is 62.9 Å². The lowest BCUT2D eigenvalue weighted by atomic mass is 10.0. The van der Waals surface area contributed by atoms with E-state index in [-0.39, 0.29) is 0 Å². The first-order chi connectivity index (χ1) is 11.3. The Labute approximate surface area is 141 Å². The standard InChI is InChI=1S/C17H24N4OS/c1-20-5-2-3-13-11-16-14(12-15(13)20)19-17(23-16)18-4-6-21-7-9-22-10-8-21/h11-12H,2-10H2,1H3,(H,18,19). The van der Waals surface area contributed by atoms with Crippen molar-refractivity contribution >= 4 is 32.4 Å². The largest absolute Gasteiger partial charge is 0.379 e. The Morgan fingerprint density at radius 2 is 2.13 bits per heavy atom. The summed E-state index contributed by atoms with van der Waals surface area (Å²) in [5, 5.41) is 4.53. The number of nitrogens with one attached hydrogen (secondary N) is 1. The summed E-state index contributed by atoms with van der Waals surface area (Å²) >= 11 is 1.77. The fraction of sp³-hybridized carbons (Fsp3) is 0.588. The predicted molar refractivity (Wildman–Crippen MR) is 97.0 cm³/mol. The number of hydrogen-bond acceptors (Lipinski definition) is 6. The monoisotopic (exact) mass is 332 g/mol. The molecule has 0 unspecified atom stereocenters. The van der Waals surface area contributed by atoms with Gasteiger partial charge in [0.1, 0.15) is 0 Å². The lowest BCUT2D eigenvalue weighted by molar-refractivity contribution is 0.0398. The second-order valence-corrected chi connectivity index (χ2v) is 7.40. The van der Waals surface area contributed by atoms with E-state index in [2.05, 4.69) is 34.3 Å². The number of aromatic nitrogens is 1. The molecule has 1 N–H and O–H groups in total. The van der Waals surface area contributed by atoms with E-state index in [1.807, 2.05) is 0 Å². The Kier molecular flexibility index (Phi) is 4.37. The molecule has 0 bridgehead atoms. The van der Waals surface area contributed by atoms with Gasteiger partial charge in [-0.25, -0.2) is 4.98 Å². The van der Waals surface area contributed by atoms with E-state index >= 15 is 0 Å². The maximum absolute atomic E-state index is 5.39. The number of anilines is 2. The van der Waals surface area contributed by atoms with Gasteiger partial charge in [0, 0.05) is 45.5 Å². The van der Waals surface area contributed by atoms with Crippen LogP contribution >= 0.6 is 11.3 Å². The molecule has 2 aliphatic rings. The van der Waals surface area contributed by atoms with Crippen LogP contribution in [0.3, 0.4) is 0 Å². The zero-order valence-corrected chi connectivity index (χ0v) is 14.5. The number of fused-ring (bicyclic) bond motifs is 2. The maximum Gasteiger partial charge on any atom is 0.183 e. The summed E-state index contributed by atoms with van der Waals surface area (Å²) in [6.45, 7) is 6.95. The van der Waals surface area contributed by atoms with Crippen molar-refractivity contribution in [3.05, 3.63) is 17.7 Å². The van der Waals surface area contributed by atoms with Gasteiger partial charge in [-0.1, -0.05) is 11.3 Å². The van der Waals surface area contributed by atoms with E-state index < -0.39 is 0 Å². The molecule has 124 valence electrons. The molecule has 3 heterocycles. The Morgan fingerprint density at radius 3 is 3.00 bits per heavy atom. The number of thiazole rings is 1. The molecule has 1 aromatic carbocycles. The summed E-state index contributed by atoms with van der Waals surface area (Å²) in [7, 11) is 2.18. The molecule has 6 heteroatoms. The highest BCUT2D eigenvalue weighted by molar-refractivity contribution is 7.22. The molecule has 5 nitrogen and oxygen atoms in total. The summed E-state index contributed by atoms with van der Waals surface area (Å²) in [5.41, 5.74) is 3.94. The van der Waals surface area contributed by atoms with E-state index in [4.69, 9.17) is 9.72 Å². The first kappa shape index (κ1) is 15.2. The quantitative estimate of drug-likeness (QED) is 0.931. The molecule has 0 saturated carbocycles. The van der Waals surface area contributed by atoms with Crippen LogP contribution in [-0.2, 0) is 11.2 Å². The van der Waals surface area contributed by atoms with E-state index in [1.165, 1.54) is 28.8 Å². The Balaban J connectivity index is 1.44. The molecule has 0 aliphatic carbocycles. The van der Waals surface area contributed by atoms with Gasteiger partial charge in [0.15, 0.2) is 5.13 Å². The van der Waals surface area contributed by atoms with Crippen LogP contribution in [0.1, 0.15) is 12.0 Å². The van der Waals surface area contributed by atoms with E-state index in [0.29, 0.717) is 0 Å². The summed E-state index contributed by atoms with van der Waals surface area (Å²) < 4.78 is 6.68. The molecule has 4 rings (SSSR count). The molecule has 2 aromatic rings. The third-order valence-corrected chi connectivity index (χ3v) is 5.72. The van der Waals surface area contributed by atoms with E-state index in [9.17, 15) is 0 Å². The topological polar surface area (TPSA) is 40.6 Å². The van der Waals surface area contributed by atoms with Crippen molar-refractivity contribution < 1.29 is 4.74 Å². The zero-order valence-electron chi connectivity index (χ0n) is 13.7. The van der Waals surface area contributed by atoms with Crippen LogP contribution < -0.4 is 10.2 Å². The smallest absolute Gasteiger partial charge is 0.183 e. The van der Waals surface area contributed by atoms with Gasteiger partial charge in [0.25, 0.3) is 0 Å². The maximum atomic E-state index is 5.39. The SMILES string of the molecule is CN1CCCc2cc3sc(NCCN4CCOCC4)nc3cc21. The van der Waals surface area contributed by atoms with Crippen molar-refractivity contribution in [3.63, 3.8) is 0 Å². The van der Waals surface area contributed by atoms with Crippen LogP contribution in [0.25, 0.3) is 10.2 Å². The minimum Gasteiger partial charge on any atom is -0.379 e. The van der Waals surface area contributed by atoms with Gasteiger partial charge in [0.2, 0.25) is 0 Å². The van der Waals surface area contributed by atoms with Gasteiger partial charge in [0.05, 0.1) is 23.4 Å². The fourth-order valence-corrected chi connectivity index (χ4v) is 4.35.